The molecule has 134 valence electrons. The molecule has 0 saturated heterocycles. The Morgan fingerprint density at radius 2 is 2.24 bits per heavy atom. The zero-order valence-corrected chi connectivity index (χ0v) is 16.1. The number of likely N-dealkylation sites (N-methyl/N-ethyl adjacent to an activating group) is 1. The predicted molar refractivity (Wildman–Crippen MR) is 101 cm³/mol. The third-order valence-corrected chi connectivity index (χ3v) is 4.47. The van der Waals surface area contributed by atoms with E-state index in [1.54, 1.807) is 30.2 Å². The number of amides is 1. The Hall–Kier alpha value is -1.99. The first-order valence-electron chi connectivity index (χ1n) is 7.75. The molecule has 25 heavy (non-hydrogen) atoms. The molecule has 0 aliphatic heterocycles. The minimum Gasteiger partial charge on any atom is -0.496 e. The van der Waals surface area contributed by atoms with Crippen molar-refractivity contribution in [1.82, 2.24) is 20.1 Å². The second kappa shape index (κ2) is 8.92. The number of rotatable bonds is 8. The van der Waals surface area contributed by atoms with E-state index in [-0.39, 0.29) is 11.7 Å². The van der Waals surface area contributed by atoms with E-state index in [1.165, 1.54) is 11.8 Å². The Morgan fingerprint density at radius 1 is 1.48 bits per heavy atom. The van der Waals surface area contributed by atoms with Crippen molar-refractivity contribution >= 4 is 29.3 Å². The largest absolute Gasteiger partial charge is 0.496 e. The van der Waals surface area contributed by atoms with Crippen molar-refractivity contribution in [3.05, 3.63) is 35.4 Å². The normalized spacial score (nSPS) is 10.6. The number of nitrogens with one attached hydrogen (secondary N) is 1. The molecule has 0 atom stereocenters. The molecule has 0 saturated carbocycles. The Bertz CT molecular complexity index is 763. The van der Waals surface area contributed by atoms with Crippen molar-refractivity contribution in [1.29, 1.82) is 0 Å². The van der Waals surface area contributed by atoms with Crippen LogP contribution in [0.15, 0.2) is 35.5 Å². The first-order valence-corrected chi connectivity index (χ1v) is 9.12. The molecule has 6 nitrogen and oxygen atoms in total. The van der Waals surface area contributed by atoms with Gasteiger partial charge in [-0.05, 0) is 32.0 Å². The first-order chi connectivity index (χ1) is 11.9. The van der Waals surface area contributed by atoms with Crippen LogP contribution in [0.1, 0.15) is 13.8 Å². The summed E-state index contributed by atoms with van der Waals surface area (Å²) in [7, 11) is 1.58. The lowest BCUT2D eigenvalue weighted by Crippen LogP contribution is -2.33. The van der Waals surface area contributed by atoms with Gasteiger partial charge >= 0.3 is 0 Å². The van der Waals surface area contributed by atoms with E-state index in [0.717, 1.165) is 11.1 Å². The molecule has 0 unspecified atom stereocenters. The third-order valence-electron chi connectivity index (χ3n) is 3.40. The predicted octanol–water partition coefficient (Wildman–Crippen LogP) is 3.65. The van der Waals surface area contributed by atoms with Crippen LogP contribution >= 0.6 is 23.4 Å². The summed E-state index contributed by atoms with van der Waals surface area (Å²) < 4.78 is 5.32. The molecular formula is C17H21ClN4O2S. The van der Waals surface area contributed by atoms with E-state index >= 15 is 0 Å². The molecule has 0 aliphatic rings. The van der Waals surface area contributed by atoms with Crippen molar-refractivity contribution in [2.24, 2.45) is 0 Å². The minimum absolute atomic E-state index is 0.0298. The molecule has 2 aromatic rings. The number of H-pyrrole nitrogens is 1. The molecular weight excluding hydrogens is 360 g/mol. The van der Waals surface area contributed by atoms with E-state index < -0.39 is 0 Å². The summed E-state index contributed by atoms with van der Waals surface area (Å²) in [5.74, 6) is 1.49. The van der Waals surface area contributed by atoms with Crippen molar-refractivity contribution < 1.29 is 9.53 Å². The van der Waals surface area contributed by atoms with Crippen LogP contribution in [0.25, 0.3) is 11.4 Å². The first kappa shape index (κ1) is 19.3. The van der Waals surface area contributed by atoms with E-state index in [9.17, 15) is 4.79 Å². The van der Waals surface area contributed by atoms with Gasteiger partial charge in [0, 0.05) is 18.1 Å². The maximum absolute atomic E-state index is 12.3. The van der Waals surface area contributed by atoms with Crippen LogP contribution < -0.4 is 4.74 Å². The SMILES string of the molecule is C=C(C)CN(CC)C(=O)CSc1n[nH]c(-c2cc(Cl)ccc2OC)n1. The number of aromatic nitrogens is 3. The van der Waals surface area contributed by atoms with Gasteiger partial charge in [-0.3, -0.25) is 9.89 Å². The maximum Gasteiger partial charge on any atom is 0.233 e. The molecule has 0 radical (unpaired) electrons. The summed E-state index contributed by atoms with van der Waals surface area (Å²) in [6, 6.07) is 5.27. The lowest BCUT2D eigenvalue weighted by molar-refractivity contribution is -0.127. The van der Waals surface area contributed by atoms with Gasteiger partial charge in [-0.1, -0.05) is 35.5 Å². The van der Waals surface area contributed by atoms with Crippen LogP contribution in [0, 0.1) is 0 Å². The summed E-state index contributed by atoms with van der Waals surface area (Å²) in [6.45, 7) is 8.91. The third kappa shape index (κ3) is 5.24. The Balaban J connectivity index is 2.06. The highest BCUT2D eigenvalue weighted by atomic mass is 35.5. The topological polar surface area (TPSA) is 71.1 Å². The smallest absolute Gasteiger partial charge is 0.233 e. The van der Waals surface area contributed by atoms with Crippen LogP contribution in [0.5, 0.6) is 5.75 Å². The number of nitrogens with zero attached hydrogens (tertiary/aromatic N) is 3. The van der Waals surface area contributed by atoms with Crippen LogP contribution in [0.3, 0.4) is 0 Å². The molecule has 1 N–H and O–H groups in total. The van der Waals surface area contributed by atoms with Gasteiger partial charge in [-0.2, -0.15) is 0 Å². The number of aromatic amines is 1. The highest BCUT2D eigenvalue weighted by Crippen LogP contribution is 2.31. The van der Waals surface area contributed by atoms with Crippen LogP contribution in [-0.2, 0) is 4.79 Å². The Kier molecular flexibility index (Phi) is 6.90. The second-order valence-electron chi connectivity index (χ2n) is 5.46. The molecule has 0 bridgehead atoms. The fourth-order valence-electron chi connectivity index (χ4n) is 2.22. The number of methoxy groups -OCH3 is 1. The van der Waals surface area contributed by atoms with Gasteiger partial charge in [0.15, 0.2) is 5.82 Å². The van der Waals surface area contributed by atoms with Crippen LogP contribution in [-0.4, -0.2) is 51.9 Å². The number of hydrogen-bond donors (Lipinski definition) is 1. The van der Waals surface area contributed by atoms with Crippen molar-refractivity contribution in [2.75, 3.05) is 26.0 Å². The van der Waals surface area contributed by atoms with Crippen LogP contribution in [0.2, 0.25) is 5.02 Å². The molecule has 0 spiro atoms. The van der Waals surface area contributed by atoms with Gasteiger partial charge in [0.05, 0.1) is 18.4 Å². The molecule has 1 amide bonds. The monoisotopic (exact) mass is 380 g/mol. The molecule has 1 aromatic heterocycles. The second-order valence-corrected chi connectivity index (χ2v) is 6.84. The molecule has 1 heterocycles. The summed E-state index contributed by atoms with van der Waals surface area (Å²) >= 11 is 7.33. The molecule has 2 rings (SSSR count). The lowest BCUT2D eigenvalue weighted by Gasteiger charge is -2.20. The fraction of sp³-hybridized carbons (Fsp3) is 0.353. The van der Waals surface area contributed by atoms with Gasteiger partial charge in [-0.15, -0.1) is 5.10 Å². The number of thioether (sulfide) groups is 1. The zero-order chi connectivity index (χ0) is 18.4. The van der Waals surface area contributed by atoms with E-state index in [1.807, 2.05) is 13.8 Å². The summed E-state index contributed by atoms with van der Waals surface area (Å²) in [5, 5.41) is 8.09. The number of ether oxygens (including phenoxy) is 1. The molecule has 0 fully saturated rings. The van der Waals surface area contributed by atoms with Gasteiger partial charge in [0.2, 0.25) is 11.1 Å². The minimum atomic E-state index is 0.0298. The highest BCUT2D eigenvalue weighted by molar-refractivity contribution is 7.99. The molecule has 0 aliphatic carbocycles. The van der Waals surface area contributed by atoms with Gasteiger partial charge in [0.1, 0.15) is 5.75 Å². The summed E-state index contributed by atoms with van der Waals surface area (Å²) in [4.78, 5) is 18.4. The highest BCUT2D eigenvalue weighted by Gasteiger charge is 2.15. The quantitative estimate of drug-likeness (QED) is 0.559. The average Bonchev–Trinajstić information content (AvgIpc) is 3.06. The lowest BCUT2D eigenvalue weighted by atomic mass is 10.2. The van der Waals surface area contributed by atoms with Crippen molar-refractivity contribution in [3.8, 4) is 17.1 Å². The number of carbonyl (C=O) groups excluding carboxylic acids is 1. The Labute approximate surface area is 156 Å². The van der Waals surface area contributed by atoms with Crippen LogP contribution in [0.4, 0.5) is 0 Å². The standard InChI is InChI=1S/C17H21ClN4O2S/c1-5-22(9-11(2)3)15(23)10-25-17-19-16(20-21-17)13-8-12(18)6-7-14(13)24-4/h6-8H,2,5,9-10H2,1,3-4H3,(H,19,20,21). The summed E-state index contributed by atoms with van der Waals surface area (Å²) in [5.41, 5.74) is 1.67. The van der Waals surface area contributed by atoms with E-state index in [0.29, 0.717) is 34.8 Å². The number of carbonyl (C=O) groups is 1. The molecule has 1 aromatic carbocycles. The Morgan fingerprint density at radius 3 is 2.88 bits per heavy atom. The fourth-order valence-corrected chi connectivity index (χ4v) is 3.09. The average molecular weight is 381 g/mol. The number of hydrogen-bond acceptors (Lipinski definition) is 5. The molecule has 8 heteroatoms. The van der Waals surface area contributed by atoms with Crippen molar-refractivity contribution in [3.63, 3.8) is 0 Å². The van der Waals surface area contributed by atoms with Crippen molar-refractivity contribution in [2.45, 2.75) is 19.0 Å². The van der Waals surface area contributed by atoms with Gasteiger partial charge < -0.3 is 9.64 Å². The maximum atomic E-state index is 12.3. The number of benzene rings is 1. The summed E-state index contributed by atoms with van der Waals surface area (Å²) in [6.07, 6.45) is 0. The number of halogens is 1. The van der Waals surface area contributed by atoms with E-state index in [4.69, 9.17) is 16.3 Å². The van der Waals surface area contributed by atoms with E-state index in [2.05, 4.69) is 21.8 Å². The van der Waals surface area contributed by atoms with Gasteiger partial charge in [0.25, 0.3) is 0 Å². The zero-order valence-electron chi connectivity index (χ0n) is 14.5. The van der Waals surface area contributed by atoms with Gasteiger partial charge in [-0.25, -0.2) is 4.98 Å².